The number of urea groups is 1. The van der Waals surface area contributed by atoms with E-state index in [1.165, 1.54) is 21.3 Å². The number of likely N-dealkylation sites (N-methyl/N-ethyl adjacent to an activating group) is 1. The Kier molecular flexibility index (Phi) is 5.74. The van der Waals surface area contributed by atoms with Gasteiger partial charge in [0.25, 0.3) is 0 Å². The number of hydrogen-bond donors (Lipinski definition) is 2. The van der Waals surface area contributed by atoms with Crippen molar-refractivity contribution in [3.05, 3.63) is 12.1 Å². The van der Waals surface area contributed by atoms with Crippen molar-refractivity contribution in [3.8, 4) is 17.2 Å². The normalized spacial score (nSPS) is 20.2. The maximum absolute atomic E-state index is 12.5. The quantitative estimate of drug-likeness (QED) is 0.828. The molecule has 2 N–H and O–H groups in total. The molecule has 2 rings (SSSR count). The standard InChI is InChI=1S/C16H25N3O5/c1-18(2)11-8-19(9-12(11)20)16(21)17-10-6-13(22-3)15(24-5)14(7-10)23-4/h6-7,11-12,20H,8-9H2,1-5H3,(H,17,21)/t11-,12-/m0/s1. The summed E-state index contributed by atoms with van der Waals surface area (Å²) in [5.41, 5.74) is 0.525. The van der Waals surface area contributed by atoms with E-state index < -0.39 is 6.10 Å². The van der Waals surface area contributed by atoms with E-state index in [0.717, 1.165) is 0 Å². The van der Waals surface area contributed by atoms with E-state index in [-0.39, 0.29) is 12.1 Å². The highest BCUT2D eigenvalue weighted by atomic mass is 16.5. The first kappa shape index (κ1) is 18.2. The highest BCUT2D eigenvalue weighted by Gasteiger charge is 2.35. The third kappa shape index (κ3) is 3.65. The Labute approximate surface area is 141 Å². The van der Waals surface area contributed by atoms with E-state index in [1.54, 1.807) is 17.0 Å². The van der Waals surface area contributed by atoms with Crippen LogP contribution in [0, 0.1) is 0 Å². The van der Waals surface area contributed by atoms with Crippen LogP contribution < -0.4 is 19.5 Å². The van der Waals surface area contributed by atoms with Crippen molar-refractivity contribution in [2.45, 2.75) is 12.1 Å². The average molecular weight is 339 g/mol. The van der Waals surface area contributed by atoms with Gasteiger partial charge in [-0.15, -0.1) is 0 Å². The molecular weight excluding hydrogens is 314 g/mol. The topological polar surface area (TPSA) is 83.5 Å². The Balaban J connectivity index is 2.15. The first-order valence-corrected chi connectivity index (χ1v) is 7.61. The minimum atomic E-state index is -0.564. The summed E-state index contributed by atoms with van der Waals surface area (Å²) < 4.78 is 15.8. The van der Waals surface area contributed by atoms with Gasteiger partial charge < -0.3 is 34.4 Å². The summed E-state index contributed by atoms with van der Waals surface area (Å²) in [6.45, 7) is 0.754. The second kappa shape index (κ2) is 7.59. The second-order valence-electron chi connectivity index (χ2n) is 5.85. The molecule has 24 heavy (non-hydrogen) atoms. The lowest BCUT2D eigenvalue weighted by atomic mass is 10.2. The molecular formula is C16H25N3O5. The van der Waals surface area contributed by atoms with Gasteiger partial charge in [-0.05, 0) is 14.1 Å². The number of carbonyl (C=O) groups is 1. The summed E-state index contributed by atoms with van der Waals surface area (Å²) in [6, 6.07) is 2.97. The molecule has 1 aromatic carbocycles. The summed E-state index contributed by atoms with van der Waals surface area (Å²) in [5, 5.41) is 12.9. The Hall–Kier alpha value is -2.19. The number of likely N-dealkylation sites (tertiary alicyclic amines) is 1. The molecule has 1 aliphatic rings. The van der Waals surface area contributed by atoms with E-state index in [1.807, 2.05) is 19.0 Å². The van der Waals surface area contributed by atoms with Crippen molar-refractivity contribution >= 4 is 11.7 Å². The third-order valence-corrected chi connectivity index (χ3v) is 4.13. The van der Waals surface area contributed by atoms with Crippen molar-refractivity contribution in [2.75, 3.05) is 53.8 Å². The fourth-order valence-corrected chi connectivity index (χ4v) is 2.80. The van der Waals surface area contributed by atoms with Crippen LogP contribution in [0.15, 0.2) is 12.1 Å². The highest BCUT2D eigenvalue weighted by molar-refractivity contribution is 5.90. The molecule has 1 heterocycles. The molecule has 134 valence electrons. The lowest BCUT2D eigenvalue weighted by Gasteiger charge is -2.22. The van der Waals surface area contributed by atoms with Crippen LogP contribution in [-0.4, -0.2) is 81.6 Å². The number of aliphatic hydroxyl groups excluding tert-OH is 1. The number of aliphatic hydroxyl groups is 1. The third-order valence-electron chi connectivity index (χ3n) is 4.13. The minimum absolute atomic E-state index is 0.0734. The van der Waals surface area contributed by atoms with Crippen molar-refractivity contribution in [1.82, 2.24) is 9.80 Å². The number of benzene rings is 1. The number of hydrogen-bond acceptors (Lipinski definition) is 6. The molecule has 1 aromatic rings. The lowest BCUT2D eigenvalue weighted by molar-refractivity contribution is 0.113. The summed E-state index contributed by atoms with van der Waals surface area (Å²) in [6.07, 6.45) is -0.564. The number of nitrogens with one attached hydrogen (secondary N) is 1. The van der Waals surface area contributed by atoms with Crippen LogP contribution in [0.5, 0.6) is 17.2 Å². The first-order valence-electron chi connectivity index (χ1n) is 7.61. The zero-order chi connectivity index (χ0) is 17.9. The van der Waals surface area contributed by atoms with Crippen LogP contribution in [0.1, 0.15) is 0 Å². The van der Waals surface area contributed by atoms with Crippen molar-refractivity contribution in [1.29, 1.82) is 0 Å². The highest BCUT2D eigenvalue weighted by Crippen LogP contribution is 2.40. The number of anilines is 1. The second-order valence-corrected chi connectivity index (χ2v) is 5.85. The SMILES string of the molecule is COc1cc(NC(=O)N2C[C@H](O)[C@@H](N(C)C)C2)cc(OC)c1OC. The van der Waals surface area contributed by atoms with Gasteiger partial charge >= 0.3 is 6.03 Å². The zero-order valence-electron chi connectivity index (χ0n) is 14.7. The molecule has 2 amide bonds. The van der Waals surface area contributed by atoms with Crippen LogP contribution in [0.3, 0.4) is 0 Å². The van der Waals surface area contributed by atoms with Gasteiger partial charge in [0.2, 0.25) is 5.75 Å². The van der Waals surface area contributed by atoms with Gasteiger partial charge in [-0.25, -0.2) is 4.79 Å². The number of nitrogens with zero attached hydrogens (tertiary/aromatic N) is 2. The van der Waals surface area contributed by atoms with Crippen molar-refractivity contribution in [3.63, 3.8) is 0 Å². The molecule has 0 radical (unpaired) electrons. The smallest absolute Gasteiger partial charge is 0.321 e. The van der Waals surface area contributed by atoms with E-state index in [0.29, 0.717) is 36.0 Å². The average Bonchev–Trinajstić information content (AvgIpc) is 2.96. The summed E-state index contributed by atoms with van der Waals surface area (Å²) in [7, 11) is 8.32. The first-order chi connectivity index (χ1) is 11.4. The minimum Gasteiger partial charge on any atom is -0.493 e. The molecule has 0 saturated carbocycles. The van der Waals surface area contributed by atoms with E-state index in [9.17, 15) is 9.90 Å². The number of rotatable bonds is 5. The molecule has 0 bridgehead atoms. The van der Waals surface area contributed by atoms with Crippen molar-refractivity contribution < 1.29 is 24.1 Å². The molecule has 1 aliphatic heterocycles. The number of amides is 2. The van der Waals surface area contributed by atoms with Gasteiger partial charge in [0.15, 0.2) is 11.5 Å². The fourth-order valence-electron chi connectivity index (χ4n) is 2.80. The molecule has 8 nitrogen and oxygen atoms in total. The molecule has 8 heteroatoms. The largest absolute Gasteiger partial charge is 0.493 e. The molecule has 2 atom stereocenters. The Bertz CT molecular complexity index is 568. The van der Waals surface area contributed by atoms with Gasteiger partial charge in [0.05, 0.1) is 45.7 Å². The molecule has 0 spiro atoms. The number of carbonyl (C=O) groups excluding carboxylic acids is 1. The van der Waals surface area contributed by atoms with Gasteiger partial charge in [-0.1, -0.05) is 0 Å². The Morgan fingerprint density at radius 1 is 1.17 bits per heavy atom. The Morgan fingerprint density at radius 2 is 1.75 bits per heavy atom. The molecule has 0 aliphatic carbocycles. The maximum atomic E-state index is 12.5. The van der Waals surface area contributed by atoms with Crippen molar-refractivity contribution in [2.24, 2.45) is 0 Å². The summed E-state index contributed by atoms with van der Waals surface area (Å²) in [5.74, 6) is 1.38. The van der Waals surface area contributed by atoms with Crippen LogP contribution in [0.2, 0.25) is 0 Å². The molecule has 1 saturated heterocycles. The van der Waals surface area contributed by atoms with E-state index in [4.69, 9.17) is 14.2 Å². The predicted octanol–water partition coefficient (Wildman–Crippen LogP) is 0.851. The zero-order valence-corrected chi connectivity index (χ0v) is 14.7. The summed E-state index contributed by atoms with van der Waals surface area (Å²) >= 11 is 0. The van der Waals surface area contributed by atoms with Crippen LogP contribution in [0.25, 0.3) is 0 Å². The monoisotopic (exact) mass is 339 g/mol. The van der Waals surface area contributed by atoms with E-state index >= 15 is 0 Å². The van der Waals surface area contributed by atoms with Gasteiger partial charge in [-0.3, -0.25) is 0 Å². The lowest BCUT2D eigenvalue weighted by Crippen LogP contribution is -2.38. The number of β-amino-alcohol motifs (C(OH)–C–C–N with tert-alkyl or cyclic N) is 1. The van der Waals surface area contributed by atoms with Crippen LogP contribution >= 0.6 is 0 Å². The molecule has 0 aromatic heterocycles. The van der Waals surface area contributed by atoms with Gasteiger partial charge in [-0.2, -0.15) is 0 Å². The number of ether oxygens (including phenoxy) is 3. The van der Waals surface area contributed by atoms with Crippen LogP contribution in [-0.2, 0) is 0 Å². The predicted molar refractivity (Wildman–Crippen MR) is 90.2 cm³/mol. The van der Waals surface area contributed by atoms with Crippen LogP contribution in [0.4, 0.5) is 10.5 Å². The van der Waals surface area contributed by atoms with Gasteiger partial charge in [0.1, 0.15) is 0 Å². The van der Waals surface area contributed by atoms with Gasteiger partial charge in [0, 0.05) is 18.7 Å². The van der Waals surface area contributed by atoms with E-state index in [2.05, 4.69) is 5.32 Å². The summed E-state index contributed by atoms with van der Waals surface area (Å²) in [4.78, 5) is 16.0. The maximum Gasteiger partial charge on any atom is 0.321 e. The molecule has 0 unspecified atom stereocenters. The Morgan fingerprint density at radius 3 is 2.17 bits per heavy atom. The molecule has 1 fully saturated rings. The fraction of sp³-hybridized carbons (Fsp3) is 0.562. The number of methoxy groups -OCH3 is 3.